The molecule has 0 radical (unpaired) electrons. The molecule has 2 unspecified atom stereocenters. The van der Waals surface area contributed by atoms with E-state index in [0.717, 1.165) is 29.0 Å². The number of amides is 2. The lowest BCUT2D eigenvalue weighted by atomic mass is 9.87. The number of nitrogens with two attached hydrogens (primary N) is 1. The zero-order chi connectivity index (χ0) is 39.1. The predicted molar refractivity (Wildman–Crippen MR) is 181 cm³/mol. The number of aliphatic hydroxyl groups excluding tert-OH is 2. The third-order valence-electron chi connectivity index (χ3n) is 6.87. The summed E-state index contributed by atoms with van der Waals surface area (Å²) < 4.78 is 61.9. The first-order chi connectivity index (χ1) is 24.1. The lowest BCUT2D eigenvalue weighted by Gasteiger charge is -2.30. The Morgan fingerprint density at radius 1 is 1.10 bits per heavy atom. The third-order valence-corrected chi connectivity index (χ3v) is 11.7. The number of hydrogen-bond acceptors (Lipinski definition) is 18. The van der Waals surface area contributed by atoms with E-state index in [1.54, 1.807) is 0 Å². The normalized spacial score (nSPS) is 22.4. The Labute approximate surface area is 307 Å². The average molecular weight is 888 g/mol. The summed E-state index contributed by atoms with van der Waals surface area (Å²) in [5.41, 5.74) is 4.26. The molecular weight excluding hydrogens is 851 g/mol. The standard InChI is InChI=1S/C23H37BrN7O17P3S/c1-23(2,18(35)21(36)27-4-3-13(32)26-5-6-52-14(33)7-24)9-45-51(42,43)48-50(40,41)44-8-12-17(47-49(37,38)39)16(34)22(46-12)31-11-30-15-19(25)28-10-29-20(15)31/h10-12,16-18,22,34-35H,3-9H2,1-2H3,(H,26,32)(H,27,36)(H,40,41)(H,42,43)(H2,25,28,29)(H2,37,38,39)/t12-,16-,17-,18+,22-/m1/s1. The molecule has 24 nitrogen and oxygen atoms in total. The number of nitrogen functional groups attached to an aromatic ring is 1. The number of aliphatic hydroxyl groups is 2. The van der Waals surface area contributed by atoms with E-state index in [9.17, 15) is 57.9 Å². The molecule has 2 aromatic rings. The van der Waals surface area contributed by atoms with Gasteiger partial charge in [0.05, 0.1) is 24.9 Å². The van der Waals surface area contributed by atoms with E-state index in [1.165, 1.54) is 13.8 Å². The van der Waals surface area contributed by atoms with Crippen LogP contribution in [0.2, 0.25) is 0 Å². The number of phosphoric ester groups is 3. The molecule has 1 fully saturated rings. The van der Waals surface area contributed by atoms with Gasteiger partial charge >= 0.3 is 23.5 Å². The Kier molecular flexibility index (Phi) is 15.9. The maximum absolute atomic E-state index is 12.6. The second-order valence-corrected chi connectivity index (χ2v) is 17.4. The van der Waals surface area contributed by atoms with Crippen LogP contribution in [0.25, 0.3) is 11.2 Å². The minimum absolute atomic E-state index is 0.0302. The molecule has 1 aliphatic rings. The van der Waals surface area contributed by atoms with Gasteiger partial charge < -0.3 is 50.9 Å². The molecule has 52 heavy (non-hydrogen) atoms. The van der Waals surface area contributed by atoms with Crippen LogP contribution in [-0.4, -0.2) is 128 Å². The molecule has 3 rings (SSSR count). The van der Waals surface area contributed by atoms with Gasteiger partial charge in [0.2, 0.25) is 11.8 Å². The number of nitrogens with zero attached hydrogens (tertiary/aromatic N) is 4. The Hall–Kier alpha value is -1.96. The van der Waals surface area contributed by atoms with Crippen molar-refractivity contribution in [2.24, 2.45) is 5.41 Å². The fourth-order valence-electron chi connectivity index (χ4n) is 4.33. The summed E-state index contributed by atoms with van der Waals surface area (Å²) in [4.78, 5) is 86.4. The maximum atomic E-state index is 12.6. The zero-order valence-electron chi connectivity index (χ0n) is 27.2. The molecule has 1 saturated heterocycles. The van der Waals surface area contributed by atoms with E-state index in [0.29, 0.717) is 5.75 Å². The zero-order valence-corrected chi connectivity index (χ0v) is 32.2. The van der Waals surface area contributed by atoms with Gasteiger partial charge in [-0.05, 0) is 0 Å². The first kappa shape index (κ1) is 44.4. The first-order valence-electron chi connectivity index (χ1n) is 14.7. The molecule has 294 valence electrons. The number of carbonyl (C=O) groups excluding carboxylic acids is 3. The number of phosphoric acid groups is 3. The largest absolute Gasteiger partial charge is 0.481 e. The molecule has 3 heterocycles. The van der Waals surface area contributed by atoms with Gasteiger partial charge in [-0.2, -0.15) is 4.31 Å². The number of fused-ring (bicyclic) bond motifs is 1. The van der Waals surface area contributed by atoms with Crippen LogP contribution in [-0.2, 0) is 50.7 Å². The van der Waals surface area contributed by atoms with E-state index < -0.39 is 84.6 Å². The highest BCUT2D eigenvalue weighted by Gasteiger charge is 2.50. The molecule has 0 aliphatic carbocycles. The monoisotopic (exact) mass is 887 g/mol. The summed E-state index contributed by atoms with van der Waals surface area (Å²) in [5, 5.41) is 26.3. The van der Waals surface area contributed by atoms with Crippen LogP contribution >= 0.6 is 51.2 Å². The molecule has 1 aliphatic heterocycles. The van der Waals surface area contributed by atoms with Crippen molar-refractivity contribution >= 4 is 85.1 Å². The smallest absolute Gasteiger partial charge is 0.386 e. The number of hydrogen-bond donors (Lipinski definition) is 9. The summed E-state index contributed by atoms with van der Waals surface area (Å²) >= 11 is 4.04. The lowest BCUT2D eigenvalue weighted by molar-refractivity contribution is -0.137. The molecule has 29 heteroatoms. The molecule has 0 saturated carbocycles. The van der Waals surface area contributed by atoms with Crippen LogP contribution in [0.1, 0.15) is 26.5 Å². The number of alkyl halides is 1. The Morgan fingerprint density at radius 3 is 2.42 bits per heavy atom. The average Bonchev–Trinajstić information content (AvgIpc) is 3.60. The second kappa shape index (κ2) is 18.6. The fraction of sp³-hybridized carbons (Fsp3) is 0.652. The number of halogens is 1. The highest BCUT2D eigenvalue weighted by Crippen LogP contribution is 2.61. The van der Waals surface area contributed by atoms with Gasteiger partial charge in [0, 0.05) is 30.7 Å². The van der Waals surface area contributed by atoms with Gasteiger partial charge in [-0.15, -0.1) is 0 Å². The number of nitrogens with one attached hydrogen (secondary N) is 2. The van der Waals surface area contributed by atoms with Crippen LogP contribution in [0, 0.1) is 5.41 Å². The fourth-order valence-corrected chi connectivity index (χ4v) is 8.16. The van der Waals surface area contributed by atoms with Gasteiger partial charge in [0.1, 0.15) is 36.3 Å². The van der Waals surface area contributed by atoms with E-state index in [1.807, 2.05) is 0 Å². The molecule has 10 N–H and O–H groups in total. The van der Waals surface area contributed by atoms with Crippen molar-refractivity contribution in [3.63, 3.8) is 0 Å². The summed E-state index contributed by atoms with van der Waals surface area (Å²) in [6.45, 7) is 0.491. The number of thioether (sulfide) groups is 1. The van der Waals surface area contributed by atoms with Crippen molar-refractivity contribution in [2.75, 3.05) is 43.1 Å². The van der Waals surface area contributed by atoms with Crippen LogP contribution in [0.3, 0.4) is 0 Å². The van der Waals surface area contributed by atoms with E-state index >= 15 is 0 Å². The predicted octanol–water partition coefficient (Wildman–Crippen LogP) is -0.940. The van der Waals surface area contributed by atoms with Crippen LogP contribution in [0.4, 0.5) is 5.82 Å². The summed E-state index contributed by atoms with van der Waals surface area (Å²) in [6, 6.07) is 0. The van der Waals surface area contributed by atoms with Gasteiger partial charge in [-0.1, -0.05) is 41.5 Å². The number of carbonyl (C=O) groups is 3. The highest BCUT2D eigenvalue weighted by atomic mass is 79.9. The molecule has 0 spiro atoms. The van der Waals surface area contributed by atoms with E-state index in [4.69, 9.17) is 19.5 Å². The van der Waals surface area contributed by atoms with E-state index in [-0.39, 0.29) is 46.9 Å². The van der Waals surface area contributed by atoms with Crippen molar-refractivity contribution in [3.05, 3.63) is 12.7 Å². The molecule has 0 aromatic carbocycles. The number of anilines is 1. The van der Waals surface area contributed by atoms with Gasteiger partial charge in [0.25, 0.3) is 0 Å². The second-order valence-electron chi connectivity index (χ2n) is 11.4. The summed E-state index contributed by atoms with van der Waals surface area (Å²) in [6.07, 6.45) is -6.90. The van der Waals surface area contributed by atoms with Crippen molar-refractivity contribution in [1.29, 1.82) is 0 Å². The minimum atomic E-state index is -5.56. The van der Waals surface area contributed by atoms with Gasteiger partial charge in [0.15, 0.2) is 22.8 Å². The van der Waals surface area contributed by atoms with Crippen LogP contribution < -0.4 is 16.4 Å². The molecule has 2 amide bonds. The maximum Gasteiger partial charge on any atom is 0.481 e. The summed E-state index contributed by atoms with van der Waals surface area (Å²) in [5.74, 6) is -1.11. The lowest BCUT2D eigenvalue weighted by Crippen LogP contribution is -2.46. The Morgan fingerprint density at radius 2 is 1.77 bits per heavy atom. The molecular formula is C23H37BrN7O17P3S. The van der Waals surface area contributed by atoms with Crippen molar-refractivity contribution < 1.29 is 80.5 Å². The van der Waals surface area contributed by atoms with Crippen molar-refractivity contribution in [2.45, 2.75) is 50.9 Å². The SMILES string of the molecule is CC(C)(COP(=O)(O)OP(=O)(O)OC[C@H]1O[C@@H](n2cnc3c(N)ncnc32)[C@H](O)[C@@H]1OP(=O)(O)O)[C@@H](O)C(=O)NCCC(=O)NCCSC(=O)CBr. The molecule has 0 bridgehead atoms. The van der Waals surface area contributed by atoms with Crippen LogP contribution in [0.5, 0.6) is 0 Å². The number of aromatic nitrogens is 4. The van der Waals surface area contributed by atoms with Gasteiger partial charge in [-0.25, -0.2) is 28.6 Å². The molecule has 2 aromatic heterocycles. The highest BCUT2D eigenvalue weighted by molar-refractivity contribution is 9.09. The van der Waals surface area contributed by atoms with Crippen molar-refractivity contribution in [1.82, 2.24) is 30.2 Å². The minimum Gasteiger partial charge on any atom is -0.386 e. The number of ether oxygens (including phenoxy) is 1. The topological polar surface area (TPSA) is 364 Å². The van der Waals surface area contributed by atoms with Gasteiger partial charge in [-0.3, -0.25) is 32.5 Å². The quantitative estimate of drug-likeness (QED) is 0.0440. The Bertz CT molecular complexity index is 1730. The van der Waals surface area contributed by atoms with E-state index in [2.05, 4.69) is 50.3 Å². The number of rotatable bonds is 20. The number of imidazole rings is 1. The summed E-state index contributed by atoms with van der Waals surface area (Å²) in [7, 11) is -16.4. The first-order valence-corrected chi connectivity index (χ1v) is 21.3. The van der Waals surface area contributed by atoms with Crippen LogP contribution in [0.15, 0.2) is 12.7 Å². The third kappa shape index (κ3) is 13.1. The van der Waals surface area contributed by atoms with Crippen molar-refractivity contribution in [3.8, 4) is 0 Å². The molecule has 7 atom stereocenters. The Balaban J connectivity index is 1.54.